The fourth-order valence-corrected chi connectivity index (χ4v) is 1.21. The maximum Gasteiger partial charge on any atom is 0.335 e. The monoisotopic (exact) mass is 259 g/mol. The van der Waals surface area contributed by atoms with Gasteiger partial charge in [-0.3, -0.25) is 0 Å². The number of anilines is 1. The summed E-state index contributed by atoms with van der Waals surface area (Å²) in [6, 6.07) is 1.08. The minimum atomic E-state index is -1.08. The summed E-state index contributed by atoms with van der Waals surface area (Å²) in [6.07, 6.45) is 0. The number of hydrogen-bond acceptors (Lipinski definition) is 3. The van der Waals surface area contributed by atoms with Crippen LogP contribution in [-0.4, -0.2) is 19.1 Å². The first kappa shape index (κ1) is 14.1. The van der Waals surface area contributed by atoms with Gasteiger partial charge in [-0.2, -0.15) is 0 Å². The van der Waals surface area contributed by atoms with Crippen molar-refractivity contribution in [1.82, 2.24) is 0 Å². The molecule has 0 aliphatic heterocycles. The van der Waals surface area contributed by atoms with E-state index in [2.05, 4.69) is 16.6 Å². The van der Waals surface area contributed by atoms with E-state index in [9.17, 15) is 18.0 Å². The number of ether oxygens (including phenoxy) is 1. The van der Waals surface area contributed by atoms with Gasteiger partial charge in [0.05, 0.1) is 6.61 Å². The van der Waals surface area contributed by atoms with Gasteiger partial charge < -0.3 is 10.1 Å². The predicted molar refractivity (Wildman–Crippen MR) is 60.6 cm³/mol. The predicted octanol–water partition coefficient (Wildman–Crippen LogP) is 2.64. The average molecular weight is 259 g/mol. The van der Waals surface area contributed by atoms with Crippen molar-refractivity contribution in [1.29, 1.82) is 0 Å². The fourth-order valence-electron chi connectivity index (χ4n) is 1.21. The standard InChI is InChI=1S/C12H12F3NO2/c1-3-18-12(17)7(2)6-16-11-9(14)4-8(13)5-10(11)15/h4-5,16H,2-3,6H2,1H3. The van der Waals surface area contributed by atoms with Crippen molar-refractivity contribution in [3.05, 3.63) is 41.7 Å². The third-order valence-corrected chi connectivity index (χ3v) is 2.05. The Labute approximate surface area is 102 Å². The molecule has 0 aromatic heterocycles. The van der Waals surface area contributed by atoms with E-state index in [-0.39, 0.29) is 18.7 Å². The lowest BCUT2D eigenvalue weighted by Crippen LogP contribution is -2.16. The molecule has 3 nitrogen and oxygen atoms in total. The first-order chi connectivity index (χ1) is 8.45. The molecular weight excluding hydrogens is 247 g/mol. The fraction of sp³-hybridized carbons (Fsp3) is 0.250. The largest absolute Gasteiger partial charge is 0.463 e. The quantitative estimate of drug-likeness (QED) is 0.652. The minimum absolute atomic E-state index is 0.0139. The zero-order valence-corrected chi connectivity index (χ0v) is 9.73. The Morgan fingerprint density at radius 2 is 1.89 bits per heavy atom. The molecule has 18 heavy (non-hydrogen) atoms. The van der Waals surface area contributed by atoms with Crippen molar-refractivity contribution in [3.8, 4) is 0 Å². The van der Waals surface area contributed by atoms with E-state index >= 15 is 0 Å². The molecule has 0 atom stereocenters. The number of esters is 1. The van der Waals surface area contributed by atoms with Gasteiger partial charge in [0.1, 0.15) is 11.5 Å². The lowest BCUT2D eigenvalue weighted by molar-refractivity contribution is -0.138. The molecule has 0 amide bonds. The van der Waals surface area contributed by atoms with Crippen LogP contribution in [0.3, 0.4) is 0 Å². The van der Waals surface area contributed by atoms with Crippen molar-refractivity contribution >= 4 is 11.7 Å². The summed E-state index contributed by atoms with van der Waals surface area (Å²) in [7, 11) is 0. The Hall–Kier alpha value is -1.98. The highest BCUT2D eigenvalue weighted by molar-refractivity contribution is 5.88. The van der Waals surface area contributed by atoms with Gasteiger partial charge in [-0.1, -0.05) is 6.58 Å². The Morgan fingerprint density at radius 3 is 2.39 bits per heavy atom. The van der Waals surface area contributed by atoms with E-state index < -0.39 is 29.1 Å². The van der Waals surface area contributed by atoms with E-state index in [0.29, 0.717) is 12.1 Å². The average Bonchev–Trinajstić information content (AvgIpc) is 2.27. The molecule has 0 unspecified atom stereocenters. The van der Waals surface area contributed by atoms with Crippen molar-refractivity contribution in [3.63, 3.8) is 0 Å². The second-order valence-electron chi connectivity index (χ2n) is 3.42. The summed E-state index contributed by atoms with van der Waals surface area (Å²) < 4.78 is 43.7. The Kier molecular flexibility index (Phi) is 4.76. The number of carbonyl (C=O) groups is 1. The van der Waals surface area contributed by atoms with E-state index in [1.165, 1.54) is 0 Å². The van der Waals surface area contributed by atoms with E-state index in [0.717, 1.165) is 0 Å². The molecule has 0 aliphatic rings. The normalized spacial score (nSPS) is 10.0. The van der Waals surface area contributed by atoms with Crippen LogP contribution in [-0.2, 0) is 9.53 Å². The number of benzene rings is 1. The zero-order valence-electron chi connectivity index (χ0n) is 9.73. The smallest absolute Gasteiger partial charge is 0.335 e. The summed E-state index contributed by atoms with van der Waals surface area (Å²) in [4.78, 5) is 11.2. The lowest BCUT2D eigenvalue weighted by Gasteiger charge is -2.10. The van der Waals surface area contributed by atoms with Crippen LogP contribution in [0.5, 0.6) is 0 Å². The van der Waals surface area contributed by atoms with E-state index in [1.807, 2.05) is 0 Å². The van der Waals surface area contributed by atoms with Crippen molar-refractivity contribution in [2.45, 2.75) is 6.92 Å². The van der Waals surface area contributed by atoms with Crippen molar-refractivity contribution < 1.29 is 22.7 Å². The lowest BCUT2D eigenvalue weighted by atomic mass is 10.2. The van der Waals surface area contributed by atoms with Crippen LogP contribution in [0.4, 0.5) is 18.9 Å². The second-order valence-corrected chi connectivity index (χ2v) is 3.42. The Balaban J connectivity index is 2.70. The number of hydrogen-bond donors (Lipinski definition) is 1. The molecule has 0 heterocycles. The minimum Gasteiger partial charge on any atom is -0.463 e. The molecule has 0 fully saturated rings. The third-order valence-electron chi connectivity index (χ3n) is 2.05. The number of nitrogens with one attached hydrogen (secondary N) is 1. The summed E-state index contributed by atoms with van der Waals surface area (Å²) in [5, 5.41) is 2.33. The first-order valence-electron chi connectivity index (χ1n) is 5.19. The van der Waals surface area contributed by atoms with Gasteiger partial charge in [-0.05, 0) is 6.92 Å². The summed E-state index contributed by atoms with van der Waals surface area (Å²) in [6.45, 7) is 5.01. The van der Waals surface area contributed by atoms with Gasteiger partial charge in [-0.25, -0.2) is 18.0 Å². The zero-order chi connectivity index (χ0) is 13.7. The van der Waals surface area contributed by atoms with Crippen LogP contribution in [0.25, 0.3) is 0 Å². The molecule has 0 bridgehead atoms. The summed E-state index contributed by atoms with van der Waals surface area (Å²) in [5.74, 6) is -3.83. The molecule has 1 aromatic rings. The molecule has 0 spiro atoms. The van der Waals surface area contributed by atoms with Crippen molar-refractivity contribution in [2.24, 2.45) is 0 Å². The second kappa shape index (κ2) is 6.09. The van der Waals surface area contributed by atoms with Crippen molar-refractivity contribution in [2.75, 3.05) is 18.5 Å². The molecule has 1 rings (SSSR count). The third kappa shape index (κ3) is 3.51. The molecule has 0 radical (unpaired) electrons. The van der Waals surface area contributed by atoms with Crippen LogP contribution in [0.1, 0.15) is 6.92 Å². The number of rotatable bonds is 5. The number of halogens is 3. The van der Waals surface area contributed by atoms with Gasteiger partial charge in [0.2, 0.25) is 0 Å². The van der Waals surface area contributed by atoms with Gasteiger partial charge in [-0.15, -0.1) is 0 Å². The molecule has 98 valence electrons. The van der Waals surface area contributed by atoms with Crippen LogP contribution in [0, 0.1) is 17.5 Å². The highest BCUT2D eigenvalue weighted by Gasteiger charge is 2.13. The topological polar surface area (TPSA) is 38.3 Å². The summed E-state index contributed by atoms with van der Waals surface area (Å²) >= 11 is 0. The molecule has 1 N–H and O–H groups in total. The van der Waals surface area contributed by atoms with E-state index in [1.54, 1.807) is 6.92 Å². The molecule has 0 saturated carbocycles. The van der Waals surface area contributed by atoms with E-state index in [4.69, 9.17) is 0 Å². The van der Waals surface area contributed by atoms with Gasteiger partial charge in [0.25, 0.3) is 0 Å². The van der Waals surface area contributed by atoms with Gasteiger partial charge in [0, 0.05) is 24.3 Å². The van der Waals surface area contributed by atoms with Gasteiger partial charge in [0.15, 0.2) is 11.6 Å². The first-order valence-corrected chi connectivity index (χ1v) is 5.19. The SMILES string of the molecule is C=C(CNc1c(F)cc(F)cc1F)C(=O)OCC. The molecule has 0 saturated heterocycles. The van der Waals surface area contributed by atoms with Crippen LogP contribution in [0.2, 0.25) is 0 Å². The molecule has 1 aromatic carbocycles. The number of carbonyl (C=O) groups excluding carboxylic acids is 1. The van der Waals surface area contributed by atoms with Crippen LogP contribution in [0.15, 0.2) is 24.3 Å². The maximum atomic E-state index is 13.2. The Morgan fingerprint density at radius 1 is 1.33 bits per heavy atom. The molecular formula is C12H12F3NO2. The maximum absolute atomic E-state index is 13.2. The highest BCUT2D eigenvalue weighted by atomic mass is 19.1. The van der Waals surface area contributed by atoms with Crippen LogP contribution < -0.4 is 5.32 Å². The highest BCUT2D eigenvalue weighted by Crippen LogP contribution is 2.20. The Bertz CT molecular complexity index is 451. The molecule has 6 heteroatoms. The summed E-state index contributed by atoms with van der Waals surface area (Å²) in [5.41, 5.74) is -0.498. The van der Waals surface area contributed by atoms with Crippen LogP contribution >= 0.6 is 0 Å². The molecule has 0 aliphatic carbocycles. The van der Waals surface area contributed by atoms with Gasteiger partial charge >= 0.3 is 5.97 Å².